The number of hydrogen-bond donors (Lipinski definition) is 0. The SMILES string of the molecule is COC(=O)c1cc(-c2ccc(C)cc2)cn(CC2CCOCC2)c1=O. The Morgan fingerprint density at radius 2 is 1.88 bits per heavy atom. The first kappa shape index (κ1) is 17.4. The number of carbonyl (C=O) groups excluding carboxylic acids is 1. The van der Waals surface area contributed by atoms with Crippen molar-refractivity contribution in [1.82, 2.24) is 4.57 Å². The molecule has 1 aliphatic heterocycles. The van der Waals surface area contributed by atoms with Gasteiger partial charge in [0.15, 0.2) is 0 Å². The first-order valence-corrected chi connectivity index (χ1v) is 8.56. The molecule has 0 unspecified atom stereocenters. The summed E-state index contributed by atoms with van der Waals surface area (Å²) in [6.07, 6.45) is 3.69. The van der Waals surface area contributed by atoms with Gasteiger partial charge in [-0.3, -0.25) is 4.79 Å². The molecule has 5 nitrogen and oxygen atoms in total. The molecule has 132 valence electrons. The average Bonchev–Trinajstić information content (AvgIpc) is 2.64. The molecule has 0 spiro atoms. The van der Waals surface area contributed by atoms with E-state index in [-0.39, 0.29) is 11.1 Å². The fourth-order valence-corrected chi connectivity index (χ4v) is 3.14. The van der Waals surface area contributed by atoms with Crippen molar-refractivity contribution >= 4 is 5.97 Å². The zero-order chi connectivity index (χ0) is 17.8. The van der Waals surface area contributed by atoms with Gasteiger partial charge in [-0.25, -0.2) is 4.79 Å². The number of hydrogen-bond acceptors (Lipinski definition) is 4. The van der Waals surface area contributed by atoms with Crippen LogP contribution in [0.1, 0.15) is 28.8 Å². The highest BCUT2D eigenvalue weighted by molar-refractivity contribution is 5.90. The molecule has 3 rings (SSSR count). The minimum atomic E-state index is -0.598. The largest absolute Gasteiger partial charge is 0.465 e. The van der Waals surface area contributed by atoms with Crippen LogP contribution in [-0.2, 0) is 16.0 Å². The van der Waals surface area contributed by atoms with Gasteiger partial charge in [0.05, 0.1) is 7.11 Å². The summed E-state index contributed by atoms with van der Waals surface area (Å²) >= 11 is 0. The normalized spacial score (nSPS) is 15.1. The van der Waals surface area contributed by atoms with Gasteiger partial charge < -0.3 is 14.0 Å². The molecular formula is C20H23NO4. The van der Waals surface area contributed by atoms with Gasteiger partial charge in [0.2, 0.25) is 0 Å². The number of esters is 1. The Bertz CT molecular complexity index is 801. The van der Waals surface area contributed by atoms with Crippen molar-refractivity contribution in [3.8, 4) is 11.1 Å². The summed E-state index contributed by atoms with van der Waals surface area (Å²) in [6, 6.07) is 9.64. The molecule has 1 fully saturated rings. The minimum Gasteiger partial charge on any atom is -0.465 e. The molecule has 2 aromatic rings. The van der Waals surface area contributed by atoms with Gasteiger partial charge in [-0.1, -0.05) is 29.8 Å². The van der Waals surface area contributed by atoms with Crippen LogP contribution >= 0.6 is 0 Å². The number of benzene rings is 1. The highest BCUT2D eigenvalue weighted by Gasteiger charge is 2.19. The van der Waals surface area contributed by atoms with Crippen LogP contribution in [0.5, 0.6) is 0 Å². The lowest BCUT2D eigenvalue weighted by Gasteiger charge is -2.23. The van der Waals surface area contributed by atoms with Gasteiger partial charge in [0.25, 0.3) is 5.56 Å². The van der Waals surface area contributed by atoms with Crippen molar-refractivity contribution in [3.63, 3.8) is 0 Å². The van der Waals surface area contributed by atoms with Crippen molar-refractivity contribution in [3.05, 3.63) is 58.0 Å². The molecule has 1 aromatic heterocycles. The van der Waals surface area contributed by atoms with Crippen LogP contribution in [0, 0.1) is 12.8 Å². The number of aryl methyl sites for hydroxylation is 1. The molecule has 0 amide bonds. The summed E-state index contributed by atoms with van der Waals surface area (Å²) in [5.74, 6) is -0.218. The van der Waals surface area contributed by atoms with Crippen molar-refractivity contribution in [2.75, 3.05) is 20.3 Å². The molecule has 0 atom stereocenters. The average molecular weight is 341 g/mol. The molecule has 2 heterocycles. The van der Waals surface area contributed by atoms with Crippen LogP contribution in [0.25, 0.3) is 11.1 Å². The maximum absolute atomic E-state index is 12.7. The van der Waals surface area contributed by atoms with E-state index in [1.807, 2.05) is 37.4 Å². The van der Waals surface area contributed by atoms with Gasteiger partial charge in [-0.2, -0.15) is 0 Å². The number of methoxy groups -OCH3 is 1. The lowest BCUT2D eigenvalue weighted by atomic mass is 9.99. The molecule has 5 heteroatoms. The summed E-state index contributed by atoms with van der Waals surface area (Å²) in [6.45, 7) is 4.06. The lowest BCUT2D eigenvalue weighted by molar-refractivity contribution is 0.0584. The van der Waals surface area contributed by atoms with Gasteiger partial charge in [-0.15, -0.1) is 0 Å². The number of ether oxygens (including phenoxy) is 2. The van der Waals surface area contributed by atoms with E-state index in [2.05, 4.69) is 0 Å². The van der Waals surface area contributed by atoms with Crippen LogP contribution in [0.4, 0.5) is 0 Å². The quantitative estimate of drug-likeness (QED) is 0.802. The van der Waals surface area contributed by atoms with Crippen LogP contribution in [-0.4, -0.2) is 30.9 Å². The second kappa shape index (κ2) is 7.66. The first-order valence-electron chi connectivity index (χ1n) is 8.56. The van der Waals surface area contributed by atoms with Crippen LogP contribution in [0.15, 0.2) is 41.3 Å². The van der Waals surface area contributed by atoms with E-state index in [0.29, 0.717) is 12.5 Å². The second-order valence-corrected chi connectivity index (χ2v) is 6.51. The van der Waals surface area contributed by atoms with Gasteiger partial charge >= 0.3 is 5.97 Å². The smallest absolute Gasteiger partial charge is 0.343 e. The Hall–Kier alpha value is -2.40. The third-order valence-corrected chi connectivity index (χ3v) is 4.67. The number of pyridine rings is 1. The predicted molar refractivity (Wildman–Crippen MR) is 95.8 cm³/mol. The summed E-state index contributed by atoms with van der Waals surface area (Å²) in [7, 11) is 1.29. The van der Waals surface area contributed by atoms with E-state index >= 15 is 0 Å². The van der Waals surface area contributed by atoms with Crippen molar-refractivity contribution in [1.29, 1.82) is 0 Å². The molecular weight excluding hydrogens is 318 g/mol. The Balaban J connectivity index is 2.02. The van der Waals surface area contributed by atoms with Gasteiger partial charge in [-0.05, 0) is 42.9 Å². The van der Waals surface area contributed by atoms with E-state index in [1.54, 1.807) is 10.6 Å². The van der Waals surface area contributed by atoms with E-state index in [1.165, 1.54) is 7.11 Å². The van der Waals surface area contributed by atoms with E-state index in [0.717, 1.165) is 42.7 Å². The van der Waals surface area contributed by atoms with E-state index in [9.17, 15) is 9.59 Å². The molecule has 0 bridgehead atoms. The Morgan fingerprint density at radius 3 is 2.52 bits per heavy atom. The highest BCUT2D eigenvalue weighted by atomic mass is 16.5. The number of nitrogens with zero attached hydrogens (tertiary/aromatic N) is 1. The summed E-state index contributed by atoms with van der Waals surface area (Å²) in [5.41, 5.74) is 2.75. The summed E-state index contributed by atoms with van der Waals surface area (Å²) in [5, 5.41) is 0. The van der Waals surface area contributed by atoms with Crippen LogP contribution in [0.2, 0.25) is 0 Å². The molecule has 0 radical (unpaired) electrons. The topological polar surface area (TPSA) is 57.5 Å². The van der Waals surface area contributed by atoms with Gasteiger partial charge in [0.1, 0.15) is 5.56 Å². The Morgan fingerprint density at radius 1 is 1.20 bits per heavy atom. The van der Waals surface area contributed by atoms with Crippen LogP contribution < -0.4 is 5.56 Å². The zero-order valence-corrected chi connectivity index (χ0v) is 14.7. The fourth-order valence-electron chi connectivity index (χ4n) is 3.14. The van der Waals surface area contributed by atoms with E-state index < -0.39 is 5.97 Å². The maximum atomic E-state index is 12.7. The molecule has 1 aromatic carbocycles. The molecule has 25 heavy (non-hydrogen) atoms. The fraction of sp³-hybridized carbons (Fsp3) is 0.400. The predicted octanol–water partition coefficient (Wildman–Crippen LogP) is 3.04. The summed E-state index contributed by atoms with van der Waals surface area (Å²) < 4.78 is 11.8. The zero-order valence-electron chi connectivity index (χ0n) is 14.7. The number of aromatic nitrogens is 1. The Kier molecular flexibility index (Phi) is 5.34. The van der Waals surface area contributed by atoms with E-state index in [4.69, 9.17) is 9.47 Å². The molecule has 0 saturated carbocycles. The molecule has 1 saturated heterocycles. The number of carbonyl (C=O) groups is 1. The highest BCUT2D eigenvalue weighted by Crippen LogP contribution is 2.22. The van der Waals surface area contributed by atoms with Crippen molar-refractivity contribution in [2.45, 2.75) is 26.3 Å². The monoisotopic (exact) mass is 341 g/mol. The molecule has 0 aliphatic carbocycles. The number of rotatable bonds is 4. The van der Waals surface area contributed by atoms with Gasteiger partial charge in [0, 0.05) is 26.0 Å². The third kappa shape index (κ3) is 3.99. The Labute approximate surface area is 147 Å². The van der Waals surface area contributed by atoms with Crippen molar-refractivity contribution < 1.29 is 14.3 Å². The van der Waals surface area contributed by atoms with Crippen molar-refractivity contribution in [2.24, 2.45) is 5.92 Å². The minimum absolute atomic E-state index is 0.0765. The van der Waals surface area contributed by atoms with Crippen LogP contribution in [0.3, 0.4) is 0 Å². The first-order chi connectivity index (χ1) is 12.1. The lowest BCUT2D eigenvalue weighted by Crippen LogP contribution is -2.31. The second-order valence-electron chi connectivity index (χ2n) is 6.51. The third-order valence-electron chi connectivity index (χ3n) is 4.67. The standard InChI is InChI=1S/C20H23NO4/c1-14-3-5-16(6-4-14)17-11-18(20(23)24-2)19(22)21(13-17)12-15-7-9-25-10-8-15/h3-6,11,13,15H,7-10,12H2,1-2H3. The maximum Gasteiger partial charge on any atom is 0.343 e. The summed E-state index contributed by atoms with van der Waals surface area (Å²) in [4.78, 5) is 24.8. The molecule has 0 N–H and O–H groups in total. The molecule has 1 aliphatic rings.